The van der Waals surface area contributed by atoms with Gasteiger partial charge in [0.15, 0.2) is 0 Å². The minimum Gasteiger partial charge on any atom is -0.381 e. The second-order valence-corrected chi connectivity index (χ2v) is 2.85. The predicted octanol–water partition coefficient (Wildman–Crippen LogP) is 1.59. The van der Waals surface area contributed by atoms with Gasteiger partial charge < -0.3 is 4.74 Å². The van der Waals surface area contributed by atoms with Crippen molar-refractivity contribution in [1.82, 2.24) is 4.98 Å². The smallest absolute Gasteiger partial charge is 0.0536 e. The van der Waals surface area contributed by atoms with Crippen molar-refractivity contribution >= 4 is 0 Å². The van der Waals surface area contributed by atoms with Crippen molar-refractivity contribution in [2.75, 3.05) is 13.2 Å². The van der Waals surface area contributed by atoms with E-state index in [0.717, 1.165) is 19.6 Å². The van der Waals surface area contributed by atoms with E-state index in [1.165, 1.54) is 5.56 Å². The molecule has 1 unspecified atom stereocenters. The fraction of sp³-hybridized carbons (Fsp3) is 0.444. The van der Waals surface area contributed by atoms with Crippen LogP contribution in [0.4, 0.5) is 0 Å². The Kier molecular flexibility index (Phi) is 1.86. The van der Waals surface area contributed by atoms with Gasteiger partial charge in [-0.25, -0.2) is 0 Å². The molecule has 2 rings (SSSR count). The van der Waals surface area contributed by atoms with Crippen LogP contribution in [0.3, 0.4) is 0 Å². The van der Waals surface area contributed by atoms with Gasteiger partial charge in [-0.05, 0) is 18.1 Å². The third kappa shape index (κ3) is 1.40. The standard InChI is InChI=1S/C9H11NO/c1-2-8(6-10-4-1)9-3-5-11-7-9/h1-2,4,6,9H,3,5,7H2. The van der Waals surface area contributed by atoms with Gasteiger partial charge in [0.05, 0.1) is 6.61 Å². The van der Waals surface area contributed by atoms with E-state index in [2.05, 4.69) is 11.1 Å². The molecule has 1 aliphatic rings. The van der Waals surface area contributed by atoms with E-state index in [9.17, 15) is 0 Å². The molecule has 1 fully saturated rings. The lowest BCUT2D eigenvalue weighted by molar-refractivity contribution is 0.194. The van der Waals surface area contributed by atoms with E-state index < -0.39 is 0 Å². The first kappa shape index (κ1) is 6.80. The molecule has 0 bridgehead atoms. The van der Waals surface area contributed by atoms with Gasteiger partial charge in [-0.3, -0.25) is 4.98 Å². The topological polar surface area (TPSA) is 22.1 Å². The summed E-state index contributed by atoms with van der Waals surface area (Å²) >= 11 is 0. The van der Waals surface area contributed by atoms with Crippen molar-refractivity contribution in [3.05, 3.63) is 30.1 Å². The number of aromatic nitrogens is 1. The summed E-state index contributed by atoms with van der Waals surface area (Å²) in [6.07, 6.45) is 4.88. The number of hydrogen-bond donors (Lipinski definition) is 0. The van der Waals surface area contributed by atoms with Crippen LogP contribution in [0.2, 0.25) is 0 Å². The SMILES string of the molecule is c1cncc(C2CCOC2)c1. The first-order chi connectivity index (χ1) is 5.47. The molecule has 0 aliphatic carbocycles. The van der Waals surface area contributed by atoms with Crippen LogP contribution in [0.15, 0.2) is 24.5 Å². The lowest BCUT2D eigenvalue weighted by Crippen LogP contribution is -1.96. The van der Waals surface area contributed by atoms with E-state index >= 15 is 0 Å². The molecule has 1 atom stereocenters. The normalized spacial score (nSPS) is 23.8. The fourth-order valence-electron chi connectivity index (χ4n) is 1.41. The quantitative estimate of drug-likeness (QED) is 0.605. The Bertz CT molecular complexity index is 216. The number of rotatable bonds is 1. The Balaban J connectivity index is 2.16. The summed E-state index contributed by atoms with van der Waals surface area (Å²) < 4.78 is 5.28. The minimum absolute atomic E-state index is 0.587. The Labute approximate surface area is 66.2 Å². The molecule has 0 amide bonds. The monoisotopic (exact) mass is 149 g/mol. The van der Waals surface area contributed by atoms with Crippen LogP contribution in [0.5, 0.6) is 0 Å². The molecule has 0 spiro atoms. The zero-order valence-electron chi connectivity index (χ0n) is 6.36. The lowest BCUT2D eigenvalue weighted by Gasteiger charge is -2.04. The average Bonchev–Trinajstić information content (AvgIpc) is 2.58. The van der Waals surface area contributed by atoms with Crippen molar-refractivity contribution in [2.24, 2.45) is 0 Å². The third-order valence-corrected chi connectivity index (χ3v) is 2.09. The van der Waals surface area contributed by atoms with Gasteiger partial charge in [-0.1, -0.05) is 6.07 Å². The summed E-state index contributed by atoms with van der Waals surface area (Å²) in [6, 6.07) is 4.10. The van der Waals surface area contributed by atoms with E-state index in [-0.39, 0.29) is 0 Å². The van der Waals surface area contributed by atoms with Crippen molar-refractivity contribution in [3.63, 3.8) is 0 Å². The molecule has 11 heavy (non-hydrogen) atoms. The molecule has 58 valence electrons. The summed E-state index contributed by atoms with van der Waals surface area (Å²) in [5.41, 5.74) is 1.31. The van der Waals surface area contributed by atoms with E-state index in [0.29, 0.717) is 5.92 Å². The molecule has 0 radical (unpaired) electrons. The van der Waals surface area contributed by atoms with Crippen molar-refractivity contribution in [1.29, 1.82) is 0 Å². The zero-order valence-corrected chi connectivity index (χ0v) is 6.36. The Morgan fingerprint density at radius 1 is 1.55 bits per heavy atom. The van der Waals surface area contributed by atoms with Crippen LogP contribution in [0, 0.1) is 0 Å². The molecule has 1 saturated heterocycles. The van der Waals surface area contributed by atoms with Gasteiger partial charge in [0.25, 0.3) is 0 Å². The molecule has 1 aliphatic heterocycles. The van der Waals surface area contributed by atoms with Crippen LogP contribution in [0.1, 0.15) is 17.9 Å². The molecule has 1 aromatic heterocycles. The summed E-state index contributed by atoms with van der Waals surface area (Å²) in [5, 5.41) is 0. The van der Waals surface area contributed by atoms with Gasteiger partial charge in [0, 0.05) is 24.9 Å². The Hall–Kier alpha value is -0.890. The summed E-state index contributed by atoms with van der Waals surface area (Å²) in [4.78, 5) is 4.07. The average molecular weight is 149 g/mol. The Morgan fingerprint density at radius 2 is 2.55 bits per heavy atom. The van der Waals surface area contributed by atoms with Gasteiger partial charge >= 0.3 is 0 Å². The number of hydrogen-bond acceptors (Lipinski definition) is 2. The number of pyridine rings is 1. The lowest BCUT2D eigenvalue weighted by atomic mass is 10.0. The van der Waals surface area contributed by atoms with Crippen LogP contribution in [-0.4, -0.2) is 18.2 Å². The maximum Gasteiger partial charge on any atom is 0.0536 e. The van der Waals surface area contributed by atoms with Crippen molar-refractivity contribution in [3.8, 4) is 0 Å². The highest BCUT2D eigenvalue weighted by Gasteiger charge is 2.16. The molecule has 0 aromatic carbocycles. The number of ether oxygens (including phenoxy) is 1. The highest BCUT2D eigenvalue weighted by Crippen LogP contribution is 2.23. The maximum atomic E-state index is 5.28. The van der Waals surface area contributed by atoms with E-state index in [4.69, 9.17) is 4.74 Å². The molecule has 2 heterocycles. The van der Waals surface area contributed by atoms with Crippen LogP contribution < -0.4 is 0 Å². The minimum atomic E-state index is 0.587. The fourth-order valence-corrected chi connectivity index (χ4v) is 1.41. The number of nitrogens with zero attached hydrogens (tertiary/aromatic N) is 1. The van der Waals surface area contributed by atoms with Gasteiger partial charge in [-0.15, -0.1) is 0 Å². The summed E-state index contributed by atoms with van der Waals surface area (Å²) in [6.45, 7) is 1.77. The molecule has 0 N–H and O–H groups in total. The molecular formula is C9H11NO. The van der Waals surface area contributed by atoms with Crippen LogP contribution >= 0.6 is 0 Å². The second-order valence-electron chi connectivity index (χ2n) is 2.85. The first-order valence-corrected chi connectivity index (χ1v) is 3.94. The molecule has 0 saturated carbocycles. The predicted molar refractivity (Wildman–Crippen MR) is 42.4 cm³/mol. The molecular weight excluding hydrogens is 138 g/mol. The second kappa shape index (κ2) is 3.01. The Morgan fingerprint density at radius 3 is 3.18 bits per heavy atom. The highest BCUT2D eigenvalue weighted by atomic mass is 16.5. The summed E-state index contributed by atoms with van der Waals surface area (Å²) in [7, 11) is 0. The largest absolute Gasteiger partial charge is 0.381 e. The van der Waals surface area contributed by atoms with Crippen LogP contribution in [-0.2, 0) is 4.74 Å². The summed E-state index contributed by atoms with van der Waals surface area (Å²) in [5.74, 6) is 0.587. The zero-order chi connectivity index (χ0) is 7.52. The highest BCUT2D eigenvalue weighted by molar-refractivity contribution is 5.15. The van der Waals surface area contributed by atoms with Crippen molar-refractivity contribution < 1.29 is 4.74 Å². The van der Waals surface area contributed by atoms with E-state index in [1.54, 1.807) is 6.20 Å². The van der Waals surface area contributed by atoms with E-state index in [1.807, 2.05) is 12.3 Å². The molecule has 1 aromatic rings. The van der Waals surface area contributed by atoms with Gasteiger partial charge in [-0.2, -0.15) is 0 Å². The third-order valence-electron chi connectivity index (χ3n) is 2.09. The van der Waals surface area contributed by atoms with Gasteiger partial charge in [0.1, 0.15) is 0 Å². The van der Waals surface area contributed by atoms with Crippen LogP contribution in [0.25, 0.3) is 0 Å². The first-order valence-electron chi connectivity index (χ1n) is 3.94. The molecule has 2 heteroatoms. The molecule has 2 nitrogen and oxygen atoms in total. The van der Waals surface area contributed by atoms with Crippen molar-refractivity contribution in [2.45, 2.75) is 12.3 Å². The van der Waals surface area contributed by atoms with Gasteiger partial charge in [0.2, 0.25) is 0 Å². The maximum absolute atomic E-state index is 5.28.